The molecule has 2 heterocycles. The van der Waals surface area contributed by atoms with Crippen molar-refractivity contribution < 1.29 is 74.0 Å². The molecular formula is C26H17CsN4O. The van der Waals surface area contributed by atoms with E-state index < -0.39 is 0 Å². The molecular weight excluding hydrogens is 517 g/mol. The first-order valence-electron chi connectivity index (χ1n) is 9.88. The standard InChI is InChI=1S/C26H18N4O.Cs/c31-23-15-14-20(17-21(23)22-13-7-8-16-27-22)26-29-24(18-9-3-1-4-10-18)28-25(30-26)19-11-5-2-6-12-19;/h1-17,31H;/q;+1/p-1. The molecule has 6 heteroatoms. The average Bonchev–Trinajstić information content (AvgIpc) is 2.86. The summed E-state index contributed by atoms with van der Waals surface area (Å²) < 4.78 is 0. The van der Waals surface area contributed by atoms with Crippen LogP contribution in [0.3, 0.4) is 0 Å². The van der Waals surface area contributed by atoms with Crippen molar-refractivity contribution in [2.75, 3.05) is 0 Å². The Morgan fingerprint density at radius 1 is 0.531 bits per heavy atom. The zero-order valence-electron chi connectivity index (χ0n) is 17.5. The Bertz CT molecular complexity index is 1270. The molecule has 0 spiro atoms. The topological polar surface area (TPSA) is 74.6 Å². The molecule has 0 bridgehead atoms. The molecule has 5 nitrogen and oxygen atoms in total. The summed E-state index contributed by atoms with van der Waals surface area (Å²) in [7, 11) is 0. The van der Waals surface area contributed by atoms with Crippen LogP contribution in [-0.4, -0.2) is 19.9 Å². The zero-order chi connectivity index (χ0) is 21.0. The fraction of sp³-hybridized carbons (Fsp3) is 0. The molecule has 2 aromatic heterocycles. The Morgan fingerprint density at radius 2 is 1.06 bits per heavy atom. The van der Waals surface area contributed by atoms with E-state index in [1.54, 1.807) is 18.3 Å². The summed E-state index contributed by atoms with van der Waals surface area (Å²) in [4.78, 5) is 18.5. The van der Waals surface area contributed by atoms with Gasteiger partial charge in [0.2, 0.25) is 0 Å². The van der Waals surface area contributed by atoms with Gasteiger partial charge in [0.15, 0.2) is 17.5 Å². The Morgan fingerprint density at radius 3 is 1.59 bits per heavy atom. The maximum Gasteiger partial charge on any atom is 1.00 e. The van der Waals surface area contributed by atoms with Gasteiger partial charge in [-0.05, 0) is 23.8 Å². The van der Waals surface area contributed by atoms with E-state index >= 15 is 0 Å². The monoisotopic (exact) mass is 534 g/mol. The second-order valence-electron chi connectivity index (χ2n) is 6.96. The van der Waals surface area contributed by atoms with Crippen LogP contribution in [0.25, 0.3) is 45.4 Å². The first-order valence-corrected chi connectivity index (χ1v) is 9.88. The van der Waals surface area contributed by atoms with Crippen molar-refractivity contribution in [1.29, 1.82) is 0 Å². The molecule has 0 aliphatic carbocycles. The van der Waals surface area contributed by atoms with Crippen LogP contribution in [0.4, 0.5) is 0 Å². The van der Waals surface area contributed by atoms with Crippen LogP contribution in [0, 0.1) is 0 Å². The third-order valence-corrected chi connectivity index (χ3v) is 4.88. The van der Waals surface area contributed by atoms with E-state index in [9.17, 15) is 5.11 Å². The van der Waals surface area contributed by atoms with E-state index in [4.69, 9.17) is 15.0 Å². The summed E-state index contributed by atoms with van der Waals surface area (Å²) in [6, 6.07) is 30.1. The summed E-state index contributed by atoms with van der Waals surface area (Å²) in [6.45, 7) is 0. The van der Waals surface area contributed by atoms with Crippen molar-refractivity contribution in [3.63, 3.8) is 0 Å². The third-order valence-electron chi connectivity index (χ3n) is 4.88. The van der Waals surface area contributed by atoms with Crippen molar-refractivity contribution in [2.45, 2.75) is 0 Å². The molecule has 0 saturated heterocycles. The van der Waals surface area contributed by atoms with E-state index in [2.05, 4.69) is 4.98 Å². The zero-order valence-corrected chi connectivity index (χ0v) is 23.8. The predicted molar refractivity (Wildman–Crippen MR) is 119 cm³/mol. The fourth-order valence-electron chi connectivity index (χ4n) is 3.33. The van der Waals surface area contributed by atoms with E-state index in [0.717, 1.165) is 16.7 Å². The smallest absolute Gasteiger partial charge is 0.872 e. The van der Waals surface area contributed by atoms with Gasteiger partial charge in [-0.25, -0.2) is 15.0 Å². The van der Waals surface area contributed by atoms with Crippen molar-refractivity contribution in [3.8, 4) is 51.2 Å². The molecule has 148 valence electrons. The molecule has 3 aromatic carbocycles. The van der Waals surface area contributed by atoms with Crippen LogP contribution >= 0.6 is 0 Å². The van der Waals surface area contributed by atoms with Gasteiger partial charge in [0.1, 0.15) is 0 Å². The molecule has 5 aromatic rings. The fourth-order valence-corrected chi connectivity index (χ4v) is 3.33. The van der Waals surface area contributed by atoms with Gasteiger partial charge < -0.3 is 5.11 Å². The molecule has 0 N–H and O–H groups in total. The Kier molecular flexibility index (Phi) is 7.52. The number of rotatable bonds is 4. The molecule has 0 atom stereocenters. The SMILES string of the molecule is [Cs+].[O-]c1ccc(-c2nc(-c3ccccc3)nc(-c3ccccc3)n2)cc1-c1ccccn1. The Balaban J connectivity index is 0.00000245. The van der Waals surface area contributed by atoms with Gasteiger partial charge in [-0.1, -0.05) is 84.6 Å². The first kappa shape index (κ1) is 22.9. The van der Waals surface area contributed by atoms with Gasteiger partial charge in [0.05, 0.1) is 5.69 Å². The van der Waals surface area contributed by atoms with Crippen molar-refractivity contribution in [3.05, 3.63) is 103 Å². The van der Waals surface area contributed by atoms with Crippen molar-refractivity contribution in [2.24, 2.45) is 0 Å². The minimum atomic E-state index is -0.0944. The molecule has 0 fully saturated rings. The Hall–Kier alpha value is -2.33. The summed E-state index contributed by atoms with van der Waals surface area (Å²) in [5, 5.41) is 12.5. The van der Waals surface area contributed by atoms with Crippen LogP contribution in [0.2, 0.25) is 0 Å². The summed E-state index contributed by atoms with van der Waals surface area (Å²) >= 11 is 0. The predicted octanol–water partition coefficient (Wildman–Crippen LogP) is 2.01. The molecule has 32 heavy (non-hydrogen) atoms. The maximum absolute atomic E-state index is 12.5. The number of nitrogens with zero attached hydrogens (tertiary/aromatic N) is 4. The van der Waals surface area contributed by atoms with Gasteiger partial charge >= 0.3 is 68.9 Å². The summed E-state index contributed by atoms with van der Waals surface area (Å²) in [5.41, 5.74) is 3.66. The van der Waals surface area contributed by atoms with Crippen molar-refractivity contribution in [1.82, 2.24) is 19.9 Å². The maximum atomic E-state index is 12.5. The van der Waals surface area contributed by atoms with E-state index in [1.807, 2.05) is 78.9 Å². The van der Waals surface area contributed by atoms with E-state index in [0.29, 0.717) is 28.7 Å². The number of aromatic nitrogens is 4. The molecule has 5 rings (SSSR count). The van der Waals surface area contributed by atoms with Gasteiger partial charge in [-0.3, -0.25) is 4.98 Å². The number of benzene rings is 3. The quantitative estimate of drug-likeness (QED) is 0.353. The summed E-state index contributed by atoms with van der Waals surface area (Å²) in [6.07, 6.45) is 1.67. The van der Waals surface area contributed by atoms with Gasteiger partial charge in [0.25, 0.3) is 0 Å². The van der Waals surface area contributed by atoms with Gasteiger partial charge in [0, 0.05) is 22.9 Å². The molecule has 0 saturated carbocycles. The van der Waals surface area contributed by atoms with Gasteiger partial charge in [-0.15, -0.1) is 0 Å². The molecule has 0 unspecified atom stereocenters. The van der Waals surface area contributed by atoms with Gasteiger partial charge in [-0.2, -0.15) is 0 Å². The third kappa shape index (κ3) is 5.01. The second kappa shape index (κ2) is 10.5. The Labute approximate surface area is 245 Å². The average molecular weight is 534 g/mol. The normalized spacial score (nSPS) is 10.4. The van der Waals surface area contributed by atoms with E-state index in [1.165, 1.54) is 6.07 Å². The van der Waals surface area contributed by atoms with Crippen LogP contribution in [0.5, 0.6) is 5.75 Å². The summed E-state index contributed by atoms with van der Waals surface area (Å²) in [5.74, 6) is 1.57. The van der Waals surface area contributed by atoms with E-state index in [-0.39, 0.29) is 74.6 Å². The largest absolute Gasteiger partial charge is 1.00 e. The van der Waals surface area contributed by atoms with Crippen LogP contribution < -0.4 is 74.0 Å². The van der Waals surface area contributed by atoms with Crippen LogP contribution in [-0.2, 0) is 0 Å². The number of hydrogen-bond acceptors (Lipinski definition) is 5. The molecule has 0 radical (unpaired) electrons. The number of hydrogen-bond donors (Lipinski definition) is 0. The molecule has 0 amide bonds. The number of pyridine rings is 1. The van der Waals surface area contributed by atoms with Crippen LogP contribution in [0.15, 0.2) is 103 Å². The van der Waals surface area contributed by atoms with Crippen LogP contribution in [0.1, 0.15) is 0 Å². The minimum Gasteiger partial charge on any atom is -0.872 e. The van der Waals surface area contributed by atoms with Crippen molar-refractivity contribution >= 4 is 0 Å². The molecule has 0 aliphatic rings. The minimum absolute atomic E-state index is 0. The molecule has 0 aliphatic heterocycles. The second-order valence-corrected chi connectivity index (χ2v) is 6.96. The first-order chi connectivity index (χ1) is 15.3.